The average Bonchev–Trinajstić information content (AvgIpc) is 2.23. The van der Waals surface area contributed by atoms with Gasteiger partial charge in [-0.05, 0) is 24.6 Å². The Hall–Kier alpha value is -1.12. The molecule has 0 aliphatic rings. The van der Waals surface area contributed by atoms with Crippen LogP contribution in [0.1, 0.15) is 12.8 Å². The molecule has 0 atom stereocenters. The van der Waals surface area contributed by atoms with Crippen molar-refractivity contribution in [1.82, 2.24) is 4.72 Å². The number of carbonyl (C=O) groups excluding carboxylic acids is 1. The van der Waals surface area contributed by atoms with Crippen molar-refractivity contribution in [1.29, 1.82) is 0 Å². The van der Waals surface area contributed by atoms with Gasteiger partial charge in [0.1, 0.15) is 4.90 Å². The van der Waals surface area contributed by atoms with Crippen molar-refractivity contribution in [3.8, 4) is 0 Å². The van der Waals surface area contributed by atoms with Crippen molar-refractivity contribution in [2.24, 2.45) is 5.73 Å². The van der Waals surface area contributed by atoms with Crippen molar-refractivity contribution >= 4 is 37.5 Å². The van der Waals surface area contributed by atoms with Crippen LogP contribution in [0.3, 0.4) is 0 Å². The Morgan fingerprint density at radius 1 is 1.39 bits per heavy atom. The lowest BCUT2D eigenvalue weighted by Crippen LogP contribution is -2.26. The van der Waals surface area contributed by atoms with Crippen LogP contribution in [0.25, 0.3) is 0 Å². The number of hydrogen-bond acceptors (Lipinski definition) is 4. The summed E-state index contributed by atoms with van der Waals surface area (Å²) in [6, 6.07) is 4.52. The van der Waals surface area contributed by atoms with E-state index >= 15 is 0 Å². The predicted molar refractivity (Wildman–Crippen MR) is 72.2 cm³/mol. The summed E-state index contributed by atoms with van der Waals surface area (Å²) in [5.41, 5.74) is 10.7. The quantitative estimate of drug-likeness (QED) is 0.520. The summed E-state index contributed by atoms with van der Waals surface area (Å²) >= 11 is 3.20. The zero-order valence-electron chi connectivity index (χ0n) is 9.52. The number of anilines is 1. The van der Waals surface area contributed by atoms with E-state index in [9.17, 15) is 13.2 Å². The number of nitrogen functional groups attached to an aromatic ring is 1. The summed E-state index contributed by atoms with van der Waals surface area (Å²) in [5, 5.41) is 0. The number of benzene rings is 1. The fourth-order valence-corrected chi connectivity index (χ4v) is 2.87. The van der Waals surface area contributed by atoms with Crippen molar-refractivity contribution in [2.45, 2.75) is 17.7 Å². The van der Waals surface area contributed by atoms with Gasteiger partial charge in [0.15, 0.2) is 0 Å². The van der Waals surface area contributed by atoms with E-state index in [0.717, 1.165) is 0 Å². The number of rotatable bonds is 6. The van der Waals surface area contributed by atoms with Gasteiger partial charge in [0, 0.05) is 17.4 Å². The molecule has 0 heterocycles. The number of sulfonamides is 1. The summed E-state index contributed by atoms with van der Waals surface area (Å²) in [6.45, 7) is 0.140. The minimum absolute atomic E-state index is 0.0183. The Kier molecular flexibility index (Phi) is 5.12. The molecule has 1 amide bonds. The van der Waals surface area contributed by atoms with E-state index in [1.165, 1.54) is 12.1 Å². The topological polar surface area (TPSA) is 115 Å². The number of nitrogens with one attached hydrogen (secondary N) is 1. The molecule has 0 spiro atoms. The third kappa shape index (κ3) is 4.28. The lowest BCUT2D eigenvalue weighted by Gasteiger charge is -2.08. The van der Waals surface area contributed by atoms with Gasteiger partial charge in [0.2, 0.25) is 15.9 Å². The third-order valence-electron chi connectivity index (χ3n) is 2.15. The van der Waals surface area contributed by atoms with E-state index in [1.54, 1.807) is 6.07 Å². The number of carbonyl (C=O) groups is 1. The standard InChI is InChI=1S/C10H14BrN3O3S/c11-7-3-4-9(8(12)6-7)18(16,17)14-5-1-2-10(13)15/h3-4,6,14H,1-2,5,12H2,(H2,13,15). The summed E-state index contributed by atoms with van der Waals surface area (Å²) < 4.78 is 26.8. The van der Waals surface area contributed by atoms with E-state index in [1.807, 2.05) is 0 Å². The molecule has 0 bridgehead atoms. The summed E-state index contributed by atoms with van der Waals surface area (Å²) in [7, 11) is -3.65. The minimum atomic E-state index is -3.65. The van der Waals surface area contributed by atoms with E-state index in [-0.39, 0.29) is 23.5 Å². The molecule has 18 heavy (non-hydrogen) atoms. The van der Waals surface area contributed by atoms with Crippen LogP contribution in [-0.2, 0) is 14.8 Å². The normalized spacial score (nSPS) is 11.4. The molecule has 0 saturated carbocycles. The molecule has 0 aliphatic heterocycles. The number of nitrogens with two attached hydrogens (primary N) is 2. The smallest absolute Gasteiger partial charge is 0.242 e. The van der Waals surface area contributed by atoms with Crippen LogP contribution in [0.4, 0.5) is 5.69 Å². The second kappa shape index (κ2) is 6.17. The Labute approximate surface area is 114 Å². The summed E-state index contributed by atoms with van der Waals surface area (Å²) in [6.07, 6.45) is 0.489. The molecule has 6 nitrogen and oxygen atoms in total. The first-order chi connectivity index (χ1) is 8.33. The molecule has 0 radical (unpaired) electrons. The second-order valence-electron chi connectivity index (χ2n) is 3.65. The highest BCUT2D eigenvalue weighted by molar-refractivity contribution is 9.10. The number of hydrogen-bond donors (Lipinski definition) is 3. The number of halogens is 1. The zero-order valence-corrected chi connectivity index (χ0v) is 11.9. The van der Waals surface area contributed by atoms with Crippen molar-refractivity contribution in [3.63, 3.8) is 0 Å². The summed E-state index contributed by atoms with van der Waals surface area (Å²) in [4.78, 5) is 10.5. The monoisotopic (exact) mass is 335 g/mol. The van der Waals surface area contributed by atoms with Gasteiger partial charge in [-0.15, -0.1) is 0 Å². The van der Waals surface area contributed by atoms with Gasteiger partial charge < -0.3 is 11.5 Å². The molecule has 100 valence electrons. The SMILES string of the molecule is NC(=O)CCCNS(=O)(=O)c1ccc(Br)cc1N. The average molecular weight is 336 g/mol. The van der Waals surface area contributed by atoms with Gasteiger partial charge in [0.05, 0.1) is 5.69 Å². The Balaban J connectivity index is 2.71. The highest BCUT2D eigenvalue weighted by Gasteiger charge is 2.16. The van der Waals surface area contributed by atoms with Crippen molar-refractivity contribution in [2.75, 3.05) is 12.3 Å². The molecule has 0 saturated heterocycles. The highest BCUT2D eigenvalue weighted by atomic mass is 79.9. The molecular weight excluding hydrogens is 322 g/mol. The van der Waals surface area contributed by atoms with Crippen LogP contribution in [0.5, 0.6) is 0 Å². The van der Waals surface area contributed by atoms with Crippen LogP contribution >= 0.6 is 15.9 Å². The number of primary amides is 1. The lowest BCUT2D eigenvalue weighted by molar-refractivity contribution is -0.118. The van der Waals surface area contributed by atoms with Crippen molar-refractivity contribution in [3.05, 3.63) is 22.7 Å². The molecule has 1 aromatic rings. The zero-order chi connectivity index (χ0) is 13.8. The molecule has 5 N–H and O–H groups in total. The van der Waals surface area contributed by atoms with Gasteiger partial charge in [-0.1, -0.05) is 15.9 Å². The van der Waals surface area contributed by atoms with E-state index in [0.29, 0.717) is 10.9 Å². The number of amides is 1. The fraction of sp³-hybridized carbons (Fsp3) is 0.300. The molecule has 1 aromatic carbocycles. The second-order valence-corrected chi connectivity index (χ2v) is 6.30. The Morgan fingerprint density at radius 3 is 2.61 bits per heavy atom. The van der Waals surface area contributed by atoms with Gasteiger partial charge in [-0.3, -0.25) is 4.79 Å². The van der Waals surface area contributed by atoms with Gasteiger partial charge in [-0.25, -0.2) is 13.1 Å². The molecular formula is C10H14BrN3O3S. The lowest BCUT2D eigenvalue weighted by atomic mass is 10.3. The highest BCUT2D eigenvalue weighted by Crippen LogP contribution is 2.22. The summed E-state index contributed by atoms with van der Waals surface area (Å²) in [5.74, 6) is -0.461. The van der Waals surface area contributed by atoms with Gasteiger partial charge in [0.25, 0.3) is 0 Å². The van der Waals surface area contributed by atoms with Crippen LogP contribution in [0, 0.1) is 0 Å². The molecule has 0 unspecified atom stereocenters. The molecule has 0 aromatic heterocycles. The van der Waals surface area contributed by atoms with E-state index in [2.05, 4.69) is 20.7 Å². The Morgan fingerprint density at radius 2 is 2.06 bits per heavy atom. The third-order valence-corrected chi connectivity index (χ3v) is 4.18. The first-order valence-electron chi connectivity index (χ1n) is 5.16. The van der Waals surface area contributed by atoms with Gasteiger partial charge >= 0.3 is 0 Å². The molecule has 0 fully saturated rings. The van der Waals surface area contributed by atoms with Crippen LogP contribution < -0.4 is 16.2 Å². The van der Waals surface area contributed by atoms with Crippen LogP contribution in [0.15, 0.2) is 27.6 Å². The van der Waals surface area contributed by atoms with Crippen LogP contribution in [-0.4, -0.2) is 20.9 Å². The van der Waals surface area contributed by atoms with Crippen LogP contribution in [0.2, 0.25) is 0 Å². The molecule has 1 rings (SSSR count). The largest absolute Gasteiger partial charge is 0.398 e. The first kappa shape index (κ1) is 14.9. The fourth-order valence-electron chi connectivity index (χ4n) is 1.31. The molecule has 0 aliphatic carbocycles. The maximum atomic E-state index is 11.9. The van der Waals surface area contributed by atoms with Crippen molar-refractivity contribution < 1.29 is 13.2 Å². The minimum Gasteiger partial charge on any atom is -0.398 e. The first-order valence-corrected chi connectivity index (χ1v) is 7.43. The van der Waals surface area contributed by atoms with E-state index < -0.39 is 15.9 Å². The molecule has 8 heteroatoms. The maximum absolute atomic E-state index is 11.9. The predicted octanol–water partition coefficient (Wildman–Crippen LogP) is 0.575. The van der Waals surface area contributed by atoms with E-state index in [4.69, 9.17) is 11.5 Å². The van der Waals surface area contributed by atoms with Gasteiger partial charge in [-0.2, -0.15) is 0 Å². The Bertz CT molecular complexity index is 545. The maximum Gasteiger partial charge on any atom is 0.242 e.